The van der Waals surface area contributed by atoms with Gasteiger partial charge in [0.15, 0.2) is 16.6 Å². The maximum Gasteiger partial charge on any atom is 0.308 e. The number of nitrogens with one attached hydrogen (secondary N) is 2. The molecule has 2 rings (SSSR count). The Morgan fingerprint density at radius 3 is 2.26 bits per heavy atom. The van der Waals surface area contributed by atoms with Crippen molar-refractivity contribution in [1.29, 1.82) is 0 Å². The molecule has 0 unspecified atom stereocenters. The zero-order valence-corrected chi connectivity index (χ0v) is 15.7. The maximum atomic E-state index is 12.9. The van der Waals surface area contributed by atoms with Crippen molar-refractivity contribution in [2.75, 3.05) is 19.5 Å². The van der Waals surface area contributed by atoms with Crippen LogP contribution in [0.1, 0.15) is 12.5 Å². The van der Waals surface area contributed by atoms with Crippen molar-refractivity contribution in [3.05, 3.63) is 47.8 Å². The minimum absolute atomic E-state index is 0.186. The lowest BCUT2D eigenvalue weighted by molar-refractivity contribution is -0.132. The van der Waals surface area contributed by atoms with Gasteiger partial charge in [-0.25, -0.2) is 4.39 Å². The number of thiocarbonyl (C=S) groups is 1. The Morgan fingerprint density at radius 2 is 1.74 bits per heavy atom. The second-order valence-corrected chi connectivity index (χ2v) is 5.59. The average molecular weight is 391 g/mol. The molecule has 0 fully saturated rings. The quantitative estimate of drug-likeness (QED) is 0.257. The highest BCUT2D eigenvalue weighted by Crippen LogP contribution is 2.38. The molecule has 0 heterocycles. The number of hydrogen-bond donors (Lipinski definition) is 2. The molecule has 0 aliphatic carbocycles. The van der Waals surface area contributed by atoms with E-state index in [0.29, 0.717) is 22.7 Å². The van der Waals surface area contributed by atoms with Gasteiger partial charge in [0, 0.05) is 18.2 Å². The van der Waals surface area contributed by atoms with Gasteiger partial charge in [-0.15, -0.1) is 0 Å². The minimum atomic E-state index is -0.494. The topological polar surface area (TPSA) is 81.2 Å². The van der Waals surface area contributed by atoms with E-state index >= 15 is 0 Å². The van der Waals surface area contributed by atoms with Gasteiger partial charge in [-0.2, -0.15) is 5.10 Å². The fourth-order valence-corrected chi connectivity index (χ4v) is 2.25. The van der Waals surface area contributed by atoms with Gasteiger partial charge in [0.25, 0.3) is 0 Å². The molecule has 0 atom stereocenters. The molecule has 0 saturated heterocycles. The number of ether oxygens (including phenoxy) is 3. The number of esters is 1. The van der Waals surface area contributed by atoms with E-state index in [1.54, 1.807) is 24.3 Å². The van der Waals surface area contributed by atoms with Gasteiger partial charge in [-0.05, 0) is 48.6 Å². The molecule has 2 aromatic rings. The number of methoxy groups -OCH3 is 2. The van der Waals surface area contributed by atoms with Gasteiger partial charge >= 0.3 is 5.97 Å². The third-order valence-corrected chi connectivity index (χ3v) is 3.40. The first-order valence-corrected chi connectivity index (χ1v) is 8.14. The molecule has 0 radical (unpaired) electrons. The van der Waals surface area contributed by atoms with Crippen LogP contribution in [0.15, 0.2) is 41.5 Å². The molecule has 7 nitrogen and oxygen atoms in total. The Labute approximate surface area is 161 Å². The number of carbonyl (C=O) groups excluding carboxylic acids is 1. The highest BCUT2D eigenvalue weighted by Gasteiger charge is 2.15. The third-order valence-electron chi connectivity index (χ3n) is 3.21. The third kappa shape index (κ3) is 5.93. The fourth-order valence-electron chi connectivity index (χ4n) is 2.08. The molecular formula is C18H18FN3O4S. The van der Waals surface area contributed by atoms with Crippen LogP contribution in [0.4, 0.5) is 10.1 Å². The predicted molar refractivity (Wildman–Crippen MR) is 104 cm³/mol. The summed E-state index contributed by atoms with van der Waals surface area (Å²) < 4.78 is 28.5. The van der Waals surface area contributed by atoms with Gasteiger partial charge in [0.05, 0.1) is 20.4 Å². The molecule has 142 valence electrons. The Kier molecular flexibility index (Phi) is 7.07. The highest BCUT2D eigenvalue weighted by atomic mass is 32.1. The molecule has 0 amide bonds. The van der Waals surface area contributed by atoms with E-state index in [1.165, 1.54) is 39.5 Å². The molecule has 2 aromatic carbocycles. The predicted octanol–water partition coefficient (Wildman–Crippen LogP) is 3.09. The number of anilines is 1. The van der Waals surface area contributed by atoms with E-state index in [4.69, 9.17) is 26.4 Å². The first-order valence-electron chi connectivity index (χ1n) is 7.73. The SMILES string of the molecule is COc1cc(/C=N\NC(=S)Nc2ccc(F)cc2)cc(OC)c1OC(C)=O. The van der Waals surface area contributed by atoms with Crippen LogP contribution in [0.25, 0.3) is 0 Å². The van der Waals surface area contributed by atoms with Crippen molar-refractivity contribution in [1.82, 2.24) is 5.43 Å². The van der Waals surface area contributed by atoms with Crippen molar-refractivity contribution >= 4 is 35.2 Å². The average Bonchev–Trinajstić information content (AvgIpc) is 2.64. The van der Waals surface area contributed by atoms with E-state index in [2.05, 4.69) is 15.8 Å². The van der Waals surface area contributed by atoms with Crippen LogP contribution in [0.2, 0.25) is 0 Å². The van der Waals surface area contributed by atoms with Crippen LogP contribution >= 0.6 is 12.2 Å². The number of benzene rings is 2. The largest absolute Gasteiger partial charge is 0.493 e. The van der Waals surface area contributed by atoms with Crippen molar-refractivity contribution in [2.24, 2.45) is 5.10 Å². The summed E-state index contributed by atoms with van der Waals surface area (Å²) in [4.78, 5) is 11.2. The van der Waals surface area contributed by atoms with Gasteiger partial charge < -0.3 is 19.5 Å². The summed E-state index contributed by atoms with van der Waals surface area (Å²) in [6.45, 7) is 1.28. The lowest BCUT2D eigenvalue weighted by Gasteiger charge is -2.13. The normalized spacial score (nSPS) is 10.4. The molecular weight excluding hydrogens is 373 g/mol. The number of rotatable bonds is 6. The van der Waals surface area contributed by atoms with Crippen molar-refractivity contribution < 1.29 is 23.4 Å². The number of carbonyl (C=O) groups is 1. The molecule has 9 heteroatoms. The number of nitrogens with zero attached hydrogens (tertiary/aromatic N) is 1. The summed E-state index contributed by atoms with van der Waals surface area (Å²) in [7, 11) is 2.89. The Bertz CT molecular complexity index is 831. The van der Waals surface area contributed by atoms with Crippen LogP contribution in [0, 0.1) is 5.82 Å². The maximum absolute atomic E-state index is 12.9. The standard InChI is InChI=1S/C18H18FN3O4S/c1-11(23)26-17-15(24-2)8-12(9-16(17)25-3)10-20-22-18(27)21-14-6-4-13(19)5-7-14/h4-10H,1-3H3,(H2,21,22,27)/b20-10-. The van der Waals surface area contributed by atoms with E-state index in [1.807, 2.05) is 0 Å². The van der Waals surface area contributed by atoms with Gasteiger partial charge in [-0.3, -0.25) is 10.2 Å². The molecule has 0 spiro atoms. The highest BCUT2D eigenvalue weighted by molar-refractivity contribution is 7.80. The summed E-state index contributed by atoms with van der Waals surface area (Å²) >= 11 is 5.11. The lowest BCUT2D eigenvalue weighted by atomic mass is 10.2. The molecule has 0 bridgehead atoms. The van der Waals surface area contributed by atoms with Crippen molar-refractivity contribution in [2.45, 2.75) is 6.92 Å². The van der Waals surface area contributed by atoms with Crippen LogP contribution in [0.3, 0.4) is 0 Å². The van der Waals surface area contributed by atoms with E-state index in [0.717, 1.165) is 0 Å². The number of hydrogen-bond acceptors (Lipinski definition) is 6. The minimum Gasteiger partial charge on any atom is -0.493 e. The molecule has 0 saturated carbocycles. The van der Waals surface area contributed by atoms with E-state index in [-0.39, 0.29) is 16.7 Å². The zero-order valence-electron chi connectivity index (χ0n) is 14.9. The summed E-state index contributed by atoms with van der Waals surface area (Å²) in [5, 5.41) is 7.12. The number of halogens is 1. The number of hydrazone groups is 1. The van der Waals surface area contributed by atoms with Crippen LogP contribution in [-0.4, -0.2) is 31.5 Å². The first-order chi connectivity index (χ1) is 12.9. The first kappa shape index (κ1) is 20.1. The monoisotopic (exact) mass is 391 g/mol. The fraction of sp³-hybridized carbons (Fsp3) is 0.167. The Balaban J connectivity index is 2.08. The summed E-state index contributed by atoms with van der Waals surface area (Å²) in [6, 6.07) is 8.99. The summed E-state index contributed by atoms with van der Waals surface area (Å²) in [5.74, 6) is -0.00780. The van der Waals surface area contributed by atoms with Crippen molar-refractivity contribution in [3.8, 4) is 17.2 Å². The van der Waals surface area contributed by atoms with Crippen LogP contribution in [-0.2, 0) is 4.79 Å². The smallest absolute Gasteiger partial charge is 0.308 e. The molecule has 27 heavy (non-hydrogen) atoms. The van der Waals surface area contributed by atoms with Gasteiger partial charge in [0.1, 0.15) is 5.82 Å². The summed E-state index contributed by atoms with van der Waals surface area (Å²) in [6.07, 6.45) is 1.49. The second kappa shape index (κ2) is 9.48. The summed E-state index contributed by atoms with van der Waals surface area (Å²) in [5.41, 5.74) is 3.89. The molecule has 0 aliphatic rings. The zero-order chi connectivity index (χ0) is 19.8. The second-order valence-electron chi connectivity index (χ2n) is 5.18. The Hall–Kier alpha value is -3.20. The molecule has 0 aliphatic heterocycles. The van der Waals surface area contributed by atoms with Crippen LogP contribution < -0.4 is 25.0 Å². The van der Waals surface area contributed by atoms with Gasteiger partial charge in [-0.1, -0.05) is 0 Å². The van der Waals surface area contributed by atoms with Crippen LogP contribution in [0.5, 0.6) is 17.2 Å². The van der Waals surface area contributed by atoms with E-state index in [9.17, 15) is 9.18 Å². The van der Waals surface area contributed by atoms with Gasteiger partial charge in [0.2, 0.25) is 5.75 Å². The van der Waals surface area contributed by atoms with Crippen molar-refractivity contribution in [3.63, 3.8) is 0 Å². The molecule has 0 aromatic heterocycles. The lowest BCUT2D eigenvalue weighted by Crippen LogP contribution is -2.23. The molecule has 2 N–H and O–H groups in total. The Morgan fingerprint density at radius 1 is 1.15 bits per heavy atom. The van der Waals surface area contributed by atoms with E-state index < -0.39 is 5.97 Å².